The number of hydrogen-bond donors (Lipinski definition) is 5. The lowest BCUT2D eigenvalue weighted by molar-refractivity contribution is 0.480. The molecule has 0 atom stereocenters. The van der Waals surface area contributed by atoms with Crippen LogP contribution in [0.2, 0.25) is 0 Å². The molecule has 0 bridgehead atoms. The van der Waals surface area contributed by atoms with Gasteiger partial charge in [0.05, 0.1) is 32.2 Å². The number of hydrogen-bond acceptors (Lipinski definition) is 12. The highest BCUT2D eigenvalue weighted by atomic mass is 32.2. The highest BCUT2D eigenvalue weighted by molar-refractivity contribution is 7.86. The van der Waals surface area contributed by atoms with E-state index in [0.717, 1.165) is 30.3 Å². The number of phenols is 1. The van der Waals surface area contributed by atoms with Crippen molar-refractivity contribution in [1.82, 2.24) is 9.97 Å². The molecule has 5 N–H and O–H groups in total. The molecular formula is C28H14N2O14S3. The van der Waals surface area contributed by atoms with Crippen LogP contribution in [0.3, 0.4) is 0 Å². The van der Waals surface area contributed by atoms with Crippen LogP contribution in [0.15, 0.2) is 83.6 Å². The molecule has 7 aromatic rings. The van der Waals surface area contributed by atoms with Gasteiger partial charge in [0.1, 0.15) is 16.2 Å². The van der Waals surface area contributed by atoms with Crippen molar-refractivity contribution in [1.29, 1.82) is 0 Å². The maximum atomic E-state index is 13.7. The van der Waals surface area contributed by atoms with Crippen LogP contribution in [0.1, 0.15) is 0 Å². The molecule has 0 aliphatic rings. The first-order valence-corrected chi connectivity index (χ1v) is 16.6. The third-order valence-electron chi connectivity index (χ3n) is 7.51. The summed E-state index contributed by atoms with van der Waals surface area (Å²) in [6.07, 6.45) is 0. The molecule has 0 unspecified atom stereocenters. The summed E-state index contributed by atoms with van der Waals surface area (Å²) in [6, 6.07) is 10.4. The predicted molar refractivity (Wildman–Crippen MR) is 167 cm³/mol. The summed E-state index contributed by atoms with van der Waals surface area (Å²) in [5, 5.41) is 9.03. The zero-order valence-electron chi connectivity index (χ0n) is 22.8. The summed E-state index contributed by atoms with van der Waals surface area (Å²) in [5.41, 5.74) is -4.46. The lowest BCUT2D eigenvalue weighted by atomic mass is 9.99. The van der Waals surface area contributed by atoms with Crippen molar-refractivity contribution in [3.8, 4) is 5.75 Å². The second-order valence-electron chi connectivity index (χ2n) is 10.1. The van der Waals surface area contributed by atoms with E-state index < -0.39 is 84.4 Å². The molecule has 7 rings (SSSR count). The van der Waals surface area contributed by atoms with E-state index in [4.69, 9.17) is 12.6 Å². The van der Waals surface area contributed by atoms with Gasteiger partial charge in [0.2, 0.25) is 0 Å². The number of fused-ring (bicyclic) bond motifs is 8. The fourth-order valence-electron chi connectivity index (χ4n) is 5.62. The third kappa shape index (κ3) is 4.89. The zero-order valence-corrected chi connectivity index (χ0v) is 25.2. The summed E-state index contributed by atoms with van der Waals surface area (Å²) >= 11 is 0. The van der Waals surface area contributed by atoms with Crippen molar-refractivity contribution in [2.45, 2.75) is 9.79 Å². The predicted octanol–water partition coefficient (Wildman–Crippen LogP) is 1.34. The standard InChI is InChI=1S/C28H14N2O11S2.O3S/c31-17-8-15-19(28(35)14-7-10(42(36,37)38)5-6-13(14)26(15)33)23-21(17)29-24-20-16(9-18(22(24)30-23)43(39,40)41)25(32)11-3-1-2-4-12(11)27(20)34;1-4(2)3/h1-9,29-31H,(H,36,37,38)(H,39,40,41);. The van der Waals surface area contributed by atoms with Gasteiger partial charge in [-0.15, -0.1) is 12.6 Å². The third-order valence-corrected chi connectivity index (χ3v) is 9.24. The van der Waals surface area contributed by atoms with Gasteiger partial charge in [0, 0.05) is 32.3 Å². The van der Waals surface area contributed by atoms with Gasteiger partial charge in [0.15, 0.2) is 21.7 Å². The number of H-pyrrole nitrogens is 2. The Kier molecular flexibility index (Phi) is 6.99. The van der Waals surface area contributed by atoms with E-state index in [-0.39, 0.29) is 48.9 Å². The molecule has 0 spiro atoms. The van der Waals surface area contributed by atoms with Crippen LogP contribution < -0.4 is 21.7 Å². The Hall–Kier alpha value is -5.60. The Morgan fingerprint density at radius 2 is 1.00 bits per heavy atom. The van der Waals surface area contributed by atoms with Crippen molar-refractivity contribution >= 4 is 96.0 Å². The lowest BCUT2D eigenvalue weighted by Gasteiger charge is -2.13. The van der Waals surface area contributed by atoms with Crippen molar-refractivity contribution in [2.24, 2.45) is 0 Å². The molecule has 0 aliphatic carbocycles. The molecule has 0 saturated carbocycles. The van der Waals surface area contributed by atoms with E-state index in [9.17, 15) is 50.2 Å². The normalized spacial score (nSPS) is 12.2. The van der Waals surface area contributed by atoms with Crippen molar-refractivity contribution in [2.75, 3.05) is 0 Å². The molecule has 0 radical (unpaired) electrons. The smallest absolute Gasteiger partial charge is 0.425 e. The van der Waals surface area contributed by atoms with Crippen LogP contribution in [-0.2, 0) is 30.8 Å². The van der Waals surface area contributed by atoms with E-state index in [1.807, 2.05) is 0 Å². The molecule has 0 aliphatic heterocycles. The topological polar surface area (TPSA) is 280 Å². The molecule has 19 heteroatoms. The van der Waals surface area contributed by atoms with Crippen molar-refractivity contribution in [3.05, 3.63) is 95.5 Å². The highest BCUT2D eigenvalue weighted by Gasteiger charge is 2.25. The number of aromatic nitrogens is 2. The van der Waals surface area contributed by atoms with Gasteiger partial charge in [-0.05, 0) is 30.3 Å². The molecule has 6 aromatic carbocycles. The second kappa shape index (κ2) is 10.5. The monoisotopic (exact) mass is 698 g/mol. The van der Waals surface area contributed by atoms with Gasteiger partial charge in [-0.3, -0.25) is 28.3 Å². The molecule has 1 heterocycles. The van der Waals surface area contributed by atoms with Gasteiger partial charge in [-0.2, -0.15) is 16.8 Å². The number of phenolic OH excluding ortho intramolecular Hbond substituents is 1. The van der Waals surface area contributed by atoms with Crippen LogP contribution >= 0.6 is 0 Å². The summed E-state index contributed by atoms with van der Waals surface area (Å²) in [6.45, 7) is 0. The van der Waals surface area contributed by atoms with E-state index in [1.165, 1.54) is 24.3 Å². The number of aromatic hydroxyl groups is 1. The van der Waals surface area contributed by atoms with Gasteiger partial charge < -0.3 is 15.1 Å². The van der Waals surface area contributed by atoms with E-state index in [0.29, 0.717) is 0 Å². The molecule has 238 valence electrons. The SMILES string of the molecule is O=S(=O)=O.O=c1c2ccc(S(=O)(=O)O)cc2c(=O)c2c1cc(O)c1[nH]c3c([nH]c12)c(S(=O)(=O)O)cc1c(=O)c2ccccc2c(=O)c13. The molecule has 0 saturated heterocycles. The average molecular weight is 699 g/mol. The number of rotatable bonds is 2. The lowest BCUT2D eigenvalue weighted by Crippen LogP contribution is -2.16. The fourth-order valence-corrected chi connectivity index (χ4v) is 6.80. The number of benzene rings is 6. The summed E-state index contributed by atoms with van der Waals surface area (Å²) in [7, 11) is -13.0. The first kappa shape index (κ1) is 31.4. The molecule has 0 amide bonds. The van der Waals surface area contributed by atoms with Crippen LogP contribution in [0.4, 0.5) is 0 Å². The van der Waals surface area contributed by atoms with E-state index in [2.05, 4.69) is 9.97 Å². The van der Waals surface area contributed by atoms with Crippen molar-refractivity contribution < 1.29 is 43.7 Å². The first-order chi connectivity index (χ1) is 21.9. The second-order valence-corrected chi connectivity index (χ2v) is 13.3. The molecular weight excluding hydrogens is 685 g/mol. The van der Waals surface area contributed by atoms with Crippen LogP contribution in [0, 0.1) is 0 Å². The Bertz CT molecular complexity index is 3170. The Morgan fingerprint density at radius 3 is 1.55 bits per heavy atom. The fraction of sp³-hybridized carbons (Fsp3) is 0. The molecule has 16 nitrogen and oxygen atoms in total. The minimum atomic E-state index is -5.10. The Balaban J connectivity index is 0.000000915. The van der Waals surface area contributed by atoms with Crippen LogP contribution in [0.25, 0.3) is 65.2 Å². The quantitative estimate of drug-likeness (QED) is 0.0968. The first-order valence-electron chi connectivity index (χ1n) is 12.7. The van der Waals surface area contributed by atoms with Gasteiger partial charge in [-0.1, -0.05) is 24.3 Å². The zero-order chi connectivity index (χ0) is 34.3. The molecule has 47 heavy (non-hydrogen) atoms. The largest absolute Gasteiger partial charge is 0.506 e. The van der Waals surface area contributed by atoms with E-state index in [1.54, 1.807) is 0 Å². The number of nitrogens with one attached hydrogen (secondary N) is 2. The Morgan fingerprint density at radius 1 is 0.532 bits per heavy atom. The molecule has 0 fully saturated rings. The van der Waals surface area contributed by atoms with Gasteiger partial charge in [0.25, 0.3) is 20.2 Å². The Labute approximate surface area is 260 Å². The summed E-state index contributed by atoms with van der Waals surface area (Å²) in [5.74, 6) is -0.605. The minimum absolute atomic E-state index is 0.00867. The maximum absolute atomic E-state index is 13.7. The minimum Gasteiger partial charge on any atom is -0.506 e. The maximum Gasteiger partial charge on any atom is 0.425 e. The van der Waals surface area contributed by atoms with Crippen molar-refractivity contribution in [3.63, 3.8) is 0 Å². The summed E-state index contributed by atoms with van der Waals surface area (Å²) in [4.78, 5) is 57.9. The molecule has 1 aromatic heterocycles. The van der Waals surface area contributed by atoms with Crippen LogP contribution in [0.5, 0.6) is 5.75 Å². The summed E-state index contributed by atoms with van der Waals surface area (Å²) < 4.78 is 93.4. The average Bonchev–Trinajstić information content (AvgIpc) is 2.99. The van der Waals surface area contributed by atoms with Gasteiger partial charge in [-0.25, -0.2) is 0 Å². The van der Waals surface area contributed by atoms with Gasteiger partial charge >= 0.3 is 10.6 Å². The highest BCUT2D eigenvalue weighted by Crippen LogP contribution is 2.34. The van der Waals surface area contributed by atoms with E-state index >= 15 is 0 Å². The van der Waals surface area contributed by atoms with Crippen LogP contribution in [-0.4, -0.2) is 53.6 Å². The number of aromatic amines is 2.